The van der Waals surface area contributed by atoms with Gasteiger partial charge in [-0.3, -0.25) is 14.7 Å². The van der Waals surface area contributed by atoms with Gasteiger partial charge in [0.25, 0.3) is 0 Å². The van der Waals surface area contributed by atoms with Crippen LogP contribution in [0.25, 0.3) is 0 Å². The molecule has 1 rings (SSSR count). The lowest BCUT2D eigenvalue weighted by Gasteiger charge is -2.15. The van der Waals surface area contributed by atoms with E-state index in [-0.39, 0.29) is 42.5 Å². The van der Waals surface area contributed by atoms with E-state index in [1.807, 2.05) is 6.92 Å². The summed E-state index contributed by atoms with van der Waals surface area (Å²) < 4.78 is 0. The molecule has 0 saturated carbocycles. The smallest absolute Gasteiger partial charge is 0.324 e. The molecule has 3 amide bonds. The van der Waals surface area contributed by atoms with Gasteiger partial charge in [-0.25, -0.2) is 4.79 Å². The normalized spacial score (nSPS) is 14.6. The van der Waals surface area contributed by atoms with Gasteiger partial charge in [0.15, 0.2) is 5.96 Å². The maximum atomic E-state index is 11.5. The molecule has 0 aromatic heterocycles. The van der Waals surface area contributed by atoms with E-state index in [9.17, 15) is 9.59 Å². The second kappa shape index (κ2) is 14.1. The van der Waals surface area contributed by atoms with Crippen molar-refractivity contribution in [1.82, 2.24) is 20.9 Å². The fourth-order valence-electron chi connectivity index (χ4n) is 2.52. The van der Waals surface area contributed by atoms with Crippen LogP contribution in [0.2, 0.25) is 0 Å². The highest BCUT2D eigenvalue weighted by Crippen LogP contribution is 2.09. The summed E-state index contributed by atoms with van der Waals surface area (Å²) in [7, 11) is 0. The van der Waals surface area contributed by atoms with Crippen LogP contribution in [0.3, 0.4) is 0 Å². The maximum Gasteiger partial charge on any atom is 0.324 e. The van der Waals surface area contributed by atoms with Crippen LogP contribution in [0.15, 0.2) is 4.99 Å². The van der Waals surface area contributed by atoms with Gasteiger partial charge in [0.2, 0.25) is 5.91 Å². The van der Waals surface area contributed by atoms with E-state index in [2.05, 4.69) is 34.8 Å². The predicted molar refractivity (Wildman–Crippen MR) is 112 cm³/mol. The van der Waals surface area contributed by atoms with E-state index in [1.165, 1.54) is 30.6 Å². The van der Waals surface area contributed by atoms with Crippen molar-refractivity contribution in [3.8, 4) is 0 Å². The molecule has 0 radical (unpaired) electrons. The van der Waals surface area contributed by atoms with Gasteiger partial charge in [-0.05, 0) is 19.3 Å². The number of carbonyl (C=O) groups is 2. The first-order valence-corrected chi connectivity index (χ1v) is 9.15. The summed E-state index contributed by atoms with van der Waals surface area (Å²) in [6, 6.07) is -0.315. The van der Waals surface area contributed by atoms with Gasteiger partial charge in [-0.15, -0.1) is 24.0 Å². The second-order valence-electron chi connectivity index (χ2n) is 6.49. The quantitative estimate of drug-likeness (QED) is 0.143. The Morgan fingerprint density at radius 2 is 1.92 bits per heavy atom. The van der Waals surface area contributed by atoms with E-state index >= 15 is 0 Å². The third kappa shape index (κ3) is 10.5. The molecule has 3 N–H and O–H groups in total. The Morgan fingerprint density at radius 3 is 2.52 bits per heavy atom. The van der Waals surface area contributed by atoms with E-state index < -0.39 is 0 Å². The standard InChI is InChI=1S/C17H33N5O2.HI/c1-4-18-16(19-10-8-6-5-7-9-14(2)3)20-11-12-22-15(23)13-21-17(22)24;/h14H,4-13H2,1-3H3,(H,21,24)(H2,18,19,20);1H. The summed E-state index contributed by atoms with van der Waals surface area (Å²) in [5.41, 5.74) is 0. The number of nitrogens with zero attached hydrogens (tertiary/aromatic N) is 2. The van der Waals surface area contributed by atoms with Crippen LogP contribution in [0.1, 0.15) is 52.9 Å². The number of urea groups is 1. The molecule has 25 heavy (non-hydrogen) atoms. The molecule has 0 aromatic carbocycles. The third-order valence-corrected chi connectivity index (χ3v) is 3.87. The number of hydrogen-bond acceptors (Lipinski definition) is 3. The molecule has 0 atom stereocenters. The minimum absolute atomic E-state index is 0. The topological polar surface area (TPSA) is 85.8 Å². The maximum absolute atomic E-state index is 11.5. The molecule has 0 aliphatic carbocycles. The van der Waals surface area contributed by atoms with E-state index in [4.69, 9.17) is 0 Å². The van der Waals surface area contributed by atoms with Crippen molar-refractivity contribution in [3.05, 3.63) is 0 Å². The summed E-state index contributed by atoms with van der Waals surface area (Å²) in [5, 5.41) is 8.86. The van der Waals surface area contributed by atoms with Crippen LogP contribution in [-0.4, -0.2) is 55.5 Å². The summed E-state index contributed by atoms with van der Waals surface area (Å²) in [6.45, 7) is 9.06. The van der Waals surface area contributed by atoms with E-state index in [0.29, 0.717) is 13.1 Å². The molecule has 0 bridgehead atoms. The van der Waals surface area contributed by atoms with Crippen molar-refractivity contribution in [2.45, 2.75) is 52.9 Å². The van der Waals surface area contributed by atoms with Gasteiger partial charge in [-0.1, -0.05) is 39.5 Å². The molecule has 8 heteroatoms. The molecule has 1 aliphatic heterocycles. The van der Waals surface area contributed by atoms with Crippen LogP contribution in [-0.2, 0) is 4.79 Å². The fourth-order valence-corrected chi connectivity index (χ4v) is 2.52. The molecule has 1 heterocycles. The minimum atomic E-state index is -0.315. The van der Waals surface area contributed by atoms with Crippen molar-refractivity contribution in [2.24, 2.45) is 10.9 Å². The number of hydrogen-bond donors (Lipinski definition) is 3. The first-order valence-electron chi connectivity index (χ1n) is 9.15. The second-order valence-corrected chi connectivity index (χ2v) is 6.49. The molecule has 0 unspecified atom stereocenters. The zero-order chi connectivity index (χ0) is 17.8. The molecular formula is C17H34IN5O2. The molecule has 1 saturated heterocycles. The molecule has 1 aliphatic rings. The Morgan fingerprint density at radius 1 is 1.20 bits per heavy atom. The molecule has 146 valence electrons. The number of imide groups is 1. The monoisotopic (exact) mass is 467 g/mol. The van der Waals surface area contributed by atoms with Gasteiger partial charge >= 0.3 is 6.03 Å². The first kappa shape index (κ1) is 23.9. The van der Waals surface area contributed by atoms with Crippen molar-refractivity contribution < 1.29 is 9.59 Å². The zero-order valence-electron chi connectivity index (χ0n) is 15.8. The molecule has 0 aromatic rings. The number of carbonyl (C=O) groups excluding carboxylic acids is 2. The van der Waals surface area contributed by atoms with Gasteiger partial charge < -0.3 is 16.0 Å². The Kier molecular flexibility index (Phi) is 13.5. The molecule has 0 spiro atoms. The minimum Gasteiger partial charge on any atom is -0.357 e. The number of aliphatic imine (C=N–C) groups is 1. The van der Waals surface area contributed by atoms with Crippen LogP contribution >= 0.6 is 24.0 Å². The number of rotatable bonds is 11. The van der Waals surface area contributed by atoms with Gasteiger partial charge in [0.05, 0.1) is 6.54 Å². The lowest BCUT2D eigenvalue weighted by atomic mass is 10.0. The fraction of sp³-hybridized carbons (Fsp3) is 0.824. The summed E-state index contributed by atoms with van der Waals surface area (Å²) in [5.74, 6) is 1.36. The number of unbranched alkanes of at least 4 members (excludes halogenated alkanes) is 3. The molecule has 1 fully saturated rings. The van der Waals surface area contributed by atoms with Crippen molar-refractivity contribution in [2.75, 3.05) is 32.7 Å². The van der Waals surface area contributed by atoms with Crippen molar-refractivity contribution in [1.29, 1.82) is 0 Å². The Hall–Kier alpha value is -1.06. The zero-order valence-corrected chi connectivity index (χ0v) is 18.1. The Labute approximate surface area is 168 Å². The van der Waals surface area contributed by atoms with Gasteiger partial charge in [0, 0.05) is 26.2 Å². The van der Waals surface area contributed by atoms with Crippen molar-refractivity contribution >= 4 is 41.9 Å². The van der Waals surface area contributed by atoms with E-state index in [1.54, 1.807) is 0 Å². The van der Waals surface area contributed by atoms with Crippen LogP contribution in [0, 0.1) is 5.92 Å². The highest BCUT2D eigenvalue weighted by Gasteiger charge is 2.27. The van der Waals surface area contributed by atoms with Gasteiger partial charge in [-0.2, -0.15) is 0 Å². The number of nitrogens with one attached hydrogen (secondary N) is 3. The first-order chi connectivity index (χ1) is 11.5. The highest BCUT2D eigenvalue weighted by molar-refractivity contribution is 14.0. The average molecular weight is 467 g/mol. The number of amides is 3. The lowest BCUT2D eigenvalue weighted by Crippen LogP contribution is -2.43. The Balaban J connectivity index is 0.00000576. The summed E-state index contributed by atoms with van der Waals surface area (Å²) in [6.07, 6.45) is 6.16. The van der Waals surface area contributed by atoms with Crippen LogP contribution in [0.5, 0.6) is 0 Å². The van der Waals surface area contributed by atoms with E-state index in [0.717, 1.165) is 31.4 Å². The van der Waals surface area contributed by atoms with Crippen LogP contribution < -0.4 is 16.0 Å². The van der Waals surface area contributed by atoms with Crippen molar-refractivity contribution in [3.63, 3.8) is 0 Å². The van der Waals surface area contributed by atoms with Crippen LogP contribution in [0.4, 0.5) is 4.79 Å². The molecule has 7 nitrogen and oxygen atoms in total. The molecular weight excluding hydrogens is 433 g/mol. The summed E-state index contributed by atoms with van der Waals surface area (Å²) in [4.78, 5) is 28.7. The predicted octanol–water partition coefficient (Wildman–Crippen LogP) is 2.32. The SMILES string of the molecule is CCNC(=NCCCCCCC(C)C)NCCN1C(=O)CNC1=O.I. The number of guanidine groups is 1. The number of halogens is 1. The lowest BCUT2D eigenvalue weighted by molar-refractivity contribution is -0.124. The average Bonchev–Trinajstić information content (AvgIpc) is 2.85. The highest BCUT2D eigenvalue weighted by atomic mass is 127. The summed E-state index contributed by atoms with van der Waals surface area (Å²) >= 11 is 0. The largest absolute Gasteiger partial charge is 0.357 e. The Bertz CT molecular complexity index is 413. The third-order valence-electron chi connectivity index (χ3n) is 3.87. The van der Waals surface area contributed by atoms with Gasteiger partial charge in [0.1, 0.15) is 0 Å².